The Kier molecular flexibility index (Phi) is 8.03. The zero-order valence-electron chi connectivity index (χ0n) is 10.9. The zero-order valence-corrected chi connectivity index (χ0v) is 10.9. The van der Waals surface area contributed by atoms with Crippen LogP contribution in [0.4, 0.5) is 0 Å². The molecule has 2 aliphatic rings. The monoisotopic (exact) mass is 250 g/mol. The summed E-state index contributed by atoms with van der Waals surface area (Å²) >= 11 is 0. The summed E-state index contributed by atoms with van der Waals surface area (Å²) in [6, 6.07) is 0.604. The van der Waals surface area contributed by atoms with E-state index < -0.39 is 0 Å². The number of hydrogen-bond acceptors (Lipinski definition) is 4. The van der Waals surface area contributed by atoms with Crippen molar-refractivity contribution in [2.45, 2.75) is 76.3 Å². The molecule has 0 bridgehead atoms. The van der Waals surface area contributed by atoms with Gasteiger partial charge in [0.15, 0.2) is 0 Å². The molecule has 0 atom stereocenters. The first kappa shape index (κ1) is 14.8. The summed E-state index contributed by atoms with van der Waals surface area (Å²) in [6.07, 6.45) is 15.1. The molecule has 0 radical (unpaired) electrons. The summed E-state index contributed by atoms with van der Waals surface area (Å²) in [7, 11) is 0. The van der Waals surface area contributed by atoms with Gasteiger partial charge in [-0.25, -0.2) is 19.6 Å². The lowest BCUT2D eigenvalue weighted by molar-refractivity contribution is 0.439. The Morgan fingerprint density at radius 1 is 0.611 bits per heavy atom. The zero-order chi connectivity index (χ0) is 13.1. The van der Waals surface area contributed by atoms with Crippen molar-refractivity contribution < 1.29 is 9.59 Å². The quantitative estimate of drug-likeness (QED) is 0.557. The lowest BCUT2D eigenvalue weighted by atomic mass is 9.96. The minimum Gasteiger partial charge on any atom is -0.211 e. The van der Waals surface area contributed by atoms with Crippen LogP contribution in [0.1, 0.15) is 64.2 Å². The van der Waals surface area contributed by atoms with Crippen LogP contribution in [0.15, 0.2) is 9.98 Å². The first-order valence-corrected chi connectivity index (χ1v) is 7.00. The van der Waals surface area contributed by atoms with E-state index in [0.29, 0.717) is 12.1 Å². The molecule has 18 heavy (non-hydrogen) atoms. The summed E-state index contributed by atoms with van der Waals surface area (Å²) in [5.41, 5.74) is 0. The summed E-state index contributed by atoms with van der Waals surface area (Å²) in [5, 5.41) is 0. The van der Waals surface area contributed by atoms with Crippen LogP contribution in [0.5, 0.6) is 0 Å². The van der Waals surface area contributed by atoms with Crippen LogP contribution >= 0.6 is 0 Å². The number of isocyanates is 2. The summed E-state index contributed by atoms with van der Waals surface area (Å²) in [5.74, 6) is 0. The third-order valence-corrected chi connectivity index (χ3v) is 3.62. The van der Waals surface area contributed by atoms with Gasteiger partial charge in [-0.1, -0.05) is 38.5 Å². The van der Waals surface area contributed by atoms with Gasteiger partial charge < -0.3 is 0 Å². The average molecular weight is 250 g/mol. The molecule has 4 nitrogen and oxygen atoms in total. The average Bonchev–Trinajstić information content (AvgIpc) is 2.43. The highest BCUT2D eigenvalue weighted by Gasteiger charge is 2.11. The third kappa shape index (κ3) is 6.48. The van der Waals surface area contributed by atoms with Crippen molar-refractivity contribution in [3.63, 3.8) is 0 Å². The number of hydrogen-bond donors (Lipinski definition) is 0. The molecule has 2 rings (SSSR count). The fourth-order valence-electron chi connectivity index (χ4n) is 2.57. The van der Waals surface area contributed by atoms with Crippen molar-refractivity contribution >= 4 is 12.2 Å². The number of rotatable bonds is 2. The fraction of sp³-hybridized carbons (Fsp3) is 0.857. The van der Waals surface area contributed by atoms with E-state index in [1.54, 1.807) is 12.2 Å². The lowest BCUT2D eigenvalue weighted by Gasteiger charge is -2.14. The van der Waals surface area contributed by atoms with Gasteiger partial charge in [0.05, 0.1) is 12.1 Å². The Hall–Kier alpha value is -1.24. The molecule has 2 fully saturated rings. The van der Waals surface area contributed by atoms with Gasteiger partial charge in [-0.3, -0.25) is 0 Å². The van der Waals surface area contributed by atoms with Gasteiger partial charge in [0.1, 0.15) is 0 Å². The highest BCUT2D eigenvalue weighted by molar-refractivity contribution is 5.33. The predicted molar refractivity (Wildman–Crippen MR) is 70.0 cm³/mol. The Balaban J connectivity index is 0.000000180. The van der Waals surface area contributed by atoms with Crippen LogP contribution in [-0.4, -0.2) is 24.2 Å². The van der Waals surface area contributed by atoms with Gasteiger partial charge in [-0.2, -0.15) is 0 Å². The second-order valence-corrected chi connectivity index (χ2v) is 5.02. The normalized spacial score (nSPS) is 20.9. The van der Waals surface area contributed by atoms with Gasteiger partial charge in [-0.05, 0) is 25.7 Å². The van der Waals surface area contributed by atoms with E-state index in [1.807, 2.05) is 0 Å². The Morgan fingerprint density at radius 2 is 0.944 bits per heavy atom. The molecule has 0 aromatic heterocycles. The largest absolute Gasteiger partial charge is 0.235 e. The molecule has 0 N–H and O–H groups in total. The van der Waals surface area contributed by atoms with Crippen LogP contribution in [0.25, 0.3) is 0 Å². The maximum absolute atomic E-state index is 9.78. The van der Waals surface area contributed by atoms with Gasteiger partial charge in [-0.15, -0.1) is 0 Å². The van der Waals surface area contributed by atoms with Gasteiger partial charge >= 0.3 is 0 Å². The van der Waals surface area contributed by atoms with Crippen molar-refractivity contribution in [3.8, 4) is 0 Å². The third-order valence-electron chi connectivity index (χ3n) is 3.62. The van der Waals surface area contributed by atoms with E-state index in [0.717, 1.165) is 25.7 Å². The van der Waals surface area contributed by atoms with Gasteiger partial charge in [0.2, 0.25) is 12.2 Å². The highest BCUT2D eigenvalue weighted by atomic mass is 16.1. The summed E-state index contributed by atoms with van der Waals surface area (Å²) in [6.45, 7) is 0. The number of nitrogens with zero attached hydrogens (tertiary/aromatic N) is 2. The molecule has 0 saturated heterocycles. The molecule has 0 spiro atoms. The van der Waals surface area contributed by atoms with Crippen LogP contribution in [0, 0.1) is 0 Å². The number of carbonyl (C=O) groups excluding carboxylic acids is 2. The molecule has 0 amide bonds. The van der Waals surface area contributed by atoms with Crippen LogP contribution in [-0.2, 0) is 9.59 Å². The van der Waals surface area contributed by atoms with E-state index in [9.17, 15) is 9.59 Å². The SMILES string of the molecule is O=C=NC1CCCCC1.O=C=NC1CCCCC1. The van der Waals surface area contributed by atoms with Crippen molar-refractivity contribution in [1.29, 1.82) is 0 Å². The first-order chi connectivity index (χ1) is 8.86. The lowest BCUT2D eigenvalue weighted by Crippen LogP contribution is -2.08. The van der Waals surface area contributed by atoms with Crippen molar-refractivity contribution in [2.75, 3.05) is 0 Å². The smallest absolute Gasteiger partial charge is 0.211 e. The molecule has 0 aromatic carbocycles. The van der Waals surface area contributed by atoms with Gasteiger partial charge in [0, 0.05) is 0 Å². The molecule has 0 aliphatic heterocycles. The molecule has 0 aromatic rings. The molecule has 100 valence electrons. The second kappa shape index (κ2) is 9.76. The summed E-state index contributed by atoms with van der Waals surface area (Å²) in [4.78, 5) is 26.9. The van der Waals surface area contributed by atoms with Crippen molar-refractivity contribution in [3.05, 3.63) is 0 Å². The first-order valence-electron chi connectivity index (χ1n) is 7.00. The van der Waals surface area contributed by atoms with E-state index in [4.69, 9.17) is 0 Å². The van der Waals surface area contributed by atoms with E-state index in [-0.39, 0.29) is 0 Å². The van der Waals surface area contributed by atoms with E-state index >= 15 is 0 Å². The molecule has 2 saturated carbocycles. The number of aliphatic imine (C=N–C) groups is 2. The maximum atomic E-state index is 9.78. The Labute approximate surface area is 109 Å². The molecular formula is C14H22N2O2. The van der Waals surface area contributed by atoms with Gasteiger partial charge in [0.25, 0.3) is 0 Å². The molecule has 2 aliphatic carbocycles. The van der Waals surface area contributed by atoms with Crippen molar-refractivity contribution in [2.24, 2.45) is 9.98 Å². The maximum Gasteiger partial charge on any atom is 0.235 e. The van der Waals surface area contributed by atoms with Crippen LogP contribution in [0.2, 0.25) is 0 Å². The fourth-order valence-corrected chi connectivity index (χ4v) is 2.57. The predicted octanol–water partition coefficient (Wildman–Crippen LogP) is 3.31. The van der Waals surface area contributed by atoms with E-state index in [2.05, 4.69) is 9.98 Å². The minimum atomic E-state index is 0.302. The Bertz CT molecular complexity index is 274. The Morgan fingerprint density at radius 3 is 1.22 bits per heavy atom. The van der Waals surface area contributed by atoms with Crippen molar-refractivity contribution in [1.82, 2.24) is 0 Å². The van der Waals surface area contributed by atoms with Crippen LogP contribution < -0.4 is 0 Å². The second-order valence-electron chi connectivity index (χ2n) is 5.02. The standard InChI is InChI=1S/2C7H11NO/c2*9-6-8-7-4-2-1-3-5-7/h2*7H,1-5H2. The minimum absolute atomic E-state index is 0.302. The summed E-state index contributed by atoms with van der Waals surface area (Å²) < 4.78 is 0. The molecule has 0 heterocycles. The molecular weight excluding hydrogens is 228 g/mol. The van der Waals surface area contributed by atoms with Crippen LogP contribution in [0.3, 0.4) is 0 Å². The topological polar surface area (TPSA) is 58.9 Å². The molecule has 0 unspecified atom stereocenters. The van der Waals surface area contributed by atoms with E-state index in [1.165, 1.54) is 38.5 Å². The molecule has 4 heteroatoms. The highest BCUT2D eigenvalue weighted by Crippen LogP contribution is 2.20.